The normalized spacial score (nSPS) is 16.4. The molecule has 0 aliphatic heterocycles. The number of hydrogen-bond acceptors (Lipinski definition) is 17. The topological polar surface area (TPSA) is 404 Å². The summed E-state index contributed by atoms with van der Waals surface area (Å²) in [4.78, 5) is 189. The number of aliphatic hydroxyl groups excluding tert-OH is 3. The second-order valence-corrected chi connectivity index (χ2v) is 30.6. The Balaban J connectivity index is 6.89. The highest BCUT2D eigenvalue weighted by molar-refractivity contribution is 5.99. The van der Waals surface area contributed by atoms with Gasteiger partial charge in [-0.25, -0.2) is 9.59 Å². The van der Waals surface area contributed by atoms with Crippen molar-refractivity contribution in [2.45, 2.75) is 274 Å². The third kappa shape index (κ3) is 30.6. The van der Waals surface area contributed by atoms with Crippen molar-refractivity contribution in [1.29, 1.82) is 0 Å². The summed E-state index contributed by atoms with van der Waals surface area (Å²) in [5.41, 5.74) is -0.913. The van der Waals surface area contributed by atoms with E-state index in [0.717, 1.165) is 31.4 Å². The summed E-state index contributed by atoms with van der Waals surface area (Å²) in [5.74, 6) is -12.2. The lowest BCUT2D eigenvalue weighted by Gasteiger charge is -2.40. The van der Waals surface area contributed by atoms with Gasteiger partial charge in [-0.1, -0.05) is 102 Å². The predicted octanol–water partition coefficient (Wildman–Crippen LogP) is 2.63. The second kappa shape index (κ2) is 42.8. The van der Waals surface area contributed by atoms with Gasteiger partial charge in [-0.3, -0.25) is 52.7 Å². The third-order valence-electron chi connectivity index (χ3n) is 17.2. The number of alkyl carbamates (subject to hydrolysis) is 1. The van der Waals surface area contributed by atoms with Gasteiger partial charge in [0.25, 0.3) is 0 Å². The number of carboxylic acid groups (broad SMARTS) is 1. The molecule has 0 unspecified atom stereocenters. The molecule has 101 heavy (non-hydrogen) atoms. The molecule has 0 saturated heterocycles. The maximum atomic E-state index is 14.8. The van der Waals surface area contributed by atoms with E-state index in [1.54, 1.807) is 60.6 Å². The molecule has 30 heteroatoms. The monoisotopic (exact) mass is 1440 g/mol. The fraction of sp³-hybridized carbons (Fsp3) is 0.789. The van der Waals surface area contributed by atoms with Crippen molar-refractivity contribution in [3.05, 3.63) is 12.2 Å². The molecule has 0 fully saturated rings. The van der Waals surface area contributed by atoms with Crippen LogP contribution in [0.3, 0.4) is 0 Å². The van der Waals surface area contributed by atoms with E-state index in [9.17, 15) is 82.8 Å². The summed E-state index contributed by atoms with van der Waals surface area (Å²) in [6.07, 6.45) is -1.23. The quantitative estimate of drug-likeness (QED) is 0.0393. The maximum absolute atomic E-state index is 14.8. The standard InChI is InChI=1S/C71H128N12O18/c1-28-29-30-43(14)58(87)57(63(92)76-55(47(18)85)69(98)99)83(27)68(97)56(42(12)13)82(26)66(95)49(32-38(4)5)75-62(91)52(35-41(10)11)80(24)64(93)45(16)73-59(88)44(15)72-60(89)51(34-40(8)9)81(25)65(94)48(31-37(2)3)74-61(90)50(33-39(6)7)79(23)53(86)36-78(22)67(96)54(46(17)84)77-70(100)101-71(19,20)21/h28-29,37-52,54-58,84-85,87H,30-36H2,1-27H3,(H,72,89)(H,73,88)(H,74,90)(H,75,91)(H,76,92)(H,77,100)(H,98,99)/b29-28+/t43-,44+,45-,46-,47-,48+,49+,50+,51+,52+,54+,55+,56+,57+,58-/m1/s1. The lowest BCUT2D eigenvalue weighted by atomic mass is 9.91. The smallest absolute Gasteiger partial charge is 0.408 e. The highest BCUT2D eigenvalue weighted by Crippen LogP contribution is 2.24. The van der Waals surface area contributed by atoms with Gasteiger partial charge in [0, 0.05) is 42.3 Å². The second-order valence-electron chi connectivity index (χ2n) is 30.6. The number of nitrogens with zero attached hydrogens (tertiary/aromatic N) is 6. The number of likely N-dealkylation sites (N-methyl/N-ethyl adjacent to an activating group) is 6. The molecule has 0 aromatic carbocycles. The number of amides is 12. The van der Waals surface area contributed by atoms with Crippen LogP contribution in [0.4, 0.5) is 4.79 Å². The number of nitrogens with one attached hydrogen (secondary N) is 6. The summed E-state index contributed by atoms with van der Waals surface area (Å²) < 4.78 is 5.25. The number of carbonyl (C=O) groups excluding carboxylic acids is 12. The van der Waals surface area contributed by atoms with Crippen molar-refractivity contribution in [3.8, 4) is 0 Å². The average molecular weight is 1440 g/mol. The van der Waals surface area contributed by atoms with Crippen molar-refractivity contribution in [3.63, 3.8) is 0 Å². The number of aliphatic hydroxyl groups is 3. The van der Waals surface area contributed by atoms with Crippen molar-refractivity contribution in [1.82, 2.24) is 61.3 Å². The Bertz CT molecular complexity index is 2800. The van der Waals surface area contributed by atoms with Crippen LogP contribution < -0.4 is 31.9 Å². The van der Waals surface area contributed by atoms with E-state index in [0.29, 0.717) is 0 Å². The molecule has 0 heterocycles. The first-order valence-corrected chi connectivity index (χ1v) is 35.2. The van der Waals surface area contributed by atoms with Crippen LogP contribution in [0.25, 0.3) is 0 Å². The molecule has 0 aliphatic rings. The van der Waals surface area contributed by atoms with Gasteiger partial charge in [0.2, 0.25) is 65.0 Å². The Hall–Kier alpha value is -7.47. The molecular weight excluding hydrogens is 1310 g/mol. The molecule has 15 atom stereocenters. The molecule has 0 aromatic heterocycles. The van der Waals surface area contributed by atoms with Crippen LogP contribution in [0.1, 0.15) is 184 Å². The van der Waals surface area contributed by atoms with Gasteiger partial charge < -0.3 is 86.5 Å². The molecule has 30 nitrogen and oxygen atoms in total. The van der Waals surface area contributed by atoms with E-state index in [4.69, 9.17) is 4.74 Å². The van der Waals surface area contributed by atoms with Gasteiger partial charge in [0.1, 0.15) is 66.0 Å². The Morgan fingerprint density at radius 1 is 0.426 bits per heavy atom. The van der Waals surface area contributed by atoms with Crippen molar-refractivity contribution < 1.29 is 87.5 Å². The van der Waals surface area contributed by atoms with Gasteiger partial charge in [0.15, 0.2) is 6.04 Å². The van der Waals surface area contributed by atoms with E-state index in [1.165, 1.54) is 68.0 Å². The highest BCUT2D eigenvalue weighted by atomic mass is 16.6. The first kappa shape index (κ1) is 93.5. The highest BCUT2D eigenvalue weighted by Gasteiger charge is 2.45. The molecule has 0 aromatic rings. The number of aliphatic carboxylic acids is 1. The van der Waals surface area contributed by atoms with E-state index < -0.39 is 186 Å². The van der Waals surface area contributed by atoms with Crippen LogP contribution >= 0.6 is 0 Å². The van der Waals surface area contributed by atoms with Crippen LogP contribution in [0, 0.1) is 41.4 Å². The number of rotatable bonds is 41. The molecule has 0 saturated carbocycles. The zero-order valence-electron chi connectivity index (χ0n) is 65.4. The van der Waals surface area contributed by atoms with Crippen LogP contribution in [0.5, 0.6) is 0 Å². The molecular formula is C71H128N12O18. The van der Waals surface area contributed by atoms with Gasteiger partial charge in [-0.15, -0.1) is 0 Å². The number of hydrogen-bond donors (Lipinski definition) is 10. The third-order valence-corrected chi connectivity index (χ3v) is 17.2. The largest absolute Gasteiger partial charge is 0.480 e. The molecule has 12 amide bonds. The molecule has 0 spiro atoms. The van der Waals surface area contributed by atoms with Crippen LogP contribution in [-0.4, -0.2) is 266 Å². The molecule has 0 bridgehead atoms. The predicted molar refractivity (Wildman–Crippen MR) is 382 cm³/mol. The SMILES string of the molecule is C/C=C/C[C@@H](C)[C@@H](O)[C@@H](C(=O)N[C@H](C(=O)O)[C@@H](C)O)N(C)C(=O)[C@H](C(C)C)N(C)C(=O)[C@H](CC(C)C)NC(=O)[C@H](CC(C)C)N(C)C(=O)[C@@H](C)NC(=O)[C@H](C)NC(=O)[C@H](CC(C)C)N(C)C(=O)[C@H](CC(C)C)NC(=O)[C@H](CC(C)C)N(C)C(=O)CN(C)C(=O)[C@@H](NC(=O)OC(C)(C)C)[C@@H](C)O. The fourth-order valence-electron chi connectivity index (χ4n) is 11.5. The molecule has 0 rings (SSSR count). The Morgan fingerprint density at radius 2 is 0.812 bits per heavy atom. The van der Waals surface area contributed by atoms with E-state index in [1.807, 2.05) is 69.2 Å². The van der Waals surface area contributed by atoms with Gasteiger partial charge in [-0.05, 0) is 135 Å². The summed E-state index contributed by atoms with van der Waals surface area (Å²) >= 11 is 0. The van der Waals surface area contributed by atoms with Gasteiger partial charge in [-0.2, -0.15) is 0 Å². The minimum absolute atomic E-state index is 0.0605. The zero-order valence-corrected chi connectivity index (χ0v) is 65.4. The van der Waals surface area contributed by atoms with E-state index in [-0.39, 0.29) is 68.1 Å². The summed E-state index contributed by atoms with van der Waals surface area (Å²) in [6, 6.07) is -15.0. The van der Waals surface area contributed by atoms with Crippen LogP contribution in [-0.2, 0) is 62.3 Å². The zero-order chi connectivity index (χ0) is 78.9. The van der Waals surface area contributed by atoms with E-state index >= 15 is 0 Å². The Morgan fingerprint density at radius 3 is 1.20 bits per heavy atom. The first-order chi connectivity index (χ1) is 46.3. The number of allylic oxidation sites excluding steroid dienone is 2. The first-order valence-electron chi connectivity index (χ1n) is 35.2. The number of carbonyl (C=O) groups is 13. The van der Waals surface area contributed by atoms with Crippen LogP contribution in [0.15, 0.2) is 12.2 Å². The minimum atomic E-state index is -1.80. The molecule has 10 N–H and O–H groups in total. The number of carboxylic acids is 1. The maximum Gasteiger partial charge on any atom is 0.408 e. The Kier molecular flexibility index (Phi) is 39.7. The fourth-order valence-corrected chi connectivity index (χ4v) is 11.5. The minimum Gasteiger partial charge on any atom is -0.480 e. The van der Waals surface area contributed by atoms with Gasteiger partial charge >= 0.3 is 12.1 Å². The van der Waals surface area contributed by atoms with Crippen molar-refractivity contribution >= 4 is 77.0 Å². The van der Waals surface area contributed by atoms with Gasteiger partial charge in [0.05, 0.1) is 24.9 Å². The molecule has 0 aliphatic carbocycles. The van der Waals surface area contributed by atoms with Crippen molar-refractivity contribution in [2.24, 2.45) is 41.4 Å². The average Bonchev–Trinajstić information content (AvgIpc) is 0.807. The summed E-state index contributed by atoms with van der Waals surface area (Å²) in [7, 11) is 8.05. The summed E-state index contributed by atoms with van der Waals surface area (Å²) in [6.45, 7) is 34.5. The van der Waals surface area contributed by atoms with Crippen molar-refractivity contribution in [2.75, 3.05) is 48.8 Å². The van der Waals surface area contributed by atoms with Crippen LogP contribution in [0.2, 0.25) is 0 Å². The van der Waals surface area contributed by atoms with E-state index in [2.05, 4.69) is 31.9 Å². The lowest BCUT2D eigenvalue weighted by molar-refractivity contribution is -0.155. The lowest BCUT2D eigenvalue weighted by Crippen LogP contribution is -2.63. The summed E-state index contributed by atoms with van der Waals surface area (Å²) in [5, 5.41) is 57.7. The molecule has 0 radical (unpaired) electrons. The number of ether oxygens (including phenoxy) is 1. The molecule has 580 valence electrons. The Labute approximate surface area is 600 Å².